The molecule has 0 aliphatic carbocycles. The molecule has 3 aromatic rings. The van der Waals surface area contributed by atoms with Crippen LogP contribution in [0.2, 0.25) is 0 Å². The molecule has 33 heavy (non-hydrogen) atoms. The van der Waals surface area contributed by atoms with Crippen molar-refractivity contribution in [3.05, 3.63) is 82.0 Å². The molecule has 0 aliphatic heterocycles. The Labute approximate surface area is 202 Å². The summed E-state index contributed by atoms with van der Waals surface area (Å²) in [6, 6.07) is 18.4. The molecule has 2 aromatic carbocycles. The second kappa shape index (κ2) is 12.1. The van der Waals surface area contributed by atoms with Crippen molar-refractivity contribution in [2.45, 2.75) is 24.5 Å². The van der Waals surface area contributed by atoms with E-state index in [0.717, 1.165) is 29.6 Å². The summed E-state index contributed by atoms with van der Waals surface area (Å²) in [6.07, 6.45) is 3.07. The Balaban J connectivity index is 1.43. The molecular weight excluding hydrogens is 480 g/mol. The van der Waals surface area contributed by atoms with Crippen molar-refractivity contribution >= 4 is 39.2 Å². The highest BCUT2D eigenvalue weighted by atomic mass is 32.2. The van der Waals surface area contributed by atoms with Gasteiger partial charge in [-0.2, -0.15) is 8.42 Å². The Kier molecular flexibility index (Phi) is 9.22. The summed E-state index contributed by atoms with van der Waals surface area (Å²) in [5.41, 5.74) is 2.09. The average molecular weight is 507 g/mol. The van der Waals surface area contributed by atoms with Crippen LogP contribution in [0.15, 0.2) is 66.0 Å². The number of ether oxygens (including phenoxy) is 1. The van der Waals surface area contributed by atoms with Crippen LogP contribution in [-0.4, -0.2) is 43.4 Å². The average Bonchev–Trinajstić information content (AvgIpc) is 3.28. The van der Waals surface area contributed by atoms with E-state index in [0.29, 0.717) is 25.2 Å². The number of rotatable bonds is 13. The molecule has 0 spiro atoms. The lowest BCUT2D eigenvalue weighted by Crippen LogP contribution is -2.20. The highest BCUT2D eigenvalue weighted by molar-refractivity contribution is 8.00. The fourth-order valence-corrected chi connectivity index (χ4v) is 5.46. The maximum atomic E-state index is 11.7. The summed E-state index contributed by atoms with van der Waals surface area (Å²) >= 11 is 3.18. The SMILES string of the molecule is CS(=O)(=O)Oc1ccc(OCCc2ccc(CC(SCCc3cccs3)C(=O)O)cc2)cc1. The number of hydrogen-bond acceptors (Lipinski definition) is 7. The summed E-state index contributed by atoms with van der Waals surface area (Å²) in [5, 5.41) is 11.1. The zero-order chi connectivity index (χ0) is 23.7. The van der Waals surface area contributed by atoms with Crippen LogP contribution in [0.25, 0.3) is 0 Å². The first-order valence-electron chi connectivity index (χ1n) is 10.4. The largest absolute Gasteiger partial charge is 0.493 e. The fraction of sp³-hybridized carbons (Fsp3) is 0.292. The molecule has 1 aromatic heterocycles. The molecule has 0 saturated heterocycles. The van der Waals surface area contributed by atoms with E-state index in [4.69, 9.17) is 8.92 Å². The summed E-state index contributed by atoms with van der Waals surface area (Å²) in [7, 11) is -3.55. The first-order valence-corrected chi connectivity index (χ1v) is 14.1. The maximum absolute atomic E-state index is 11.7. The summed E-state index contributed by atoms with van der Waals surface area (Å²) in [6.45, 7) is 0.460. The van der Waals surface area contributed by atoms with E-state index in [1.807, 2.05) is 35.7 Å². The van der Waals surface area contributed by atoms with Gasteiger partial charge in [0.2, 0.25) is 0 Å². The first kappa shape index (κ1) is 25.1. The number of hydrogen-bond donors (Lipinski definition) is 1. The smallest absolute Gasteiger partial charge is 0.316 e. The first-order chi connectivity index (χ1) is 15.8. The third kappa shape index (κ3) is 9.11. The predicted molar refractivity (Wildman–Crippen MR) is 133 cm³/mol. The lowest BCUT2D eigenvalue weighted by Gasteiger charge is -2.12. The fourth-order valence-electron chi connectivity index (χ4n) is 3.08. The molecule has 0 fully saturated rings. The van der Waals surface area contributed by atoms with E-state index in [-0.39, 0.29) is 5.75 Å². The van der Waals surface area contributed by atoms with Gasteiger partial charge in [-0.3, -0.25) is 4.79 Å². The molecule has 3 rings (SSSR count). The molecule has 1 atom stereocenters. The highest BCUT2D eigenvalue weighted by Gasteiger charge is 2.18. The van der Waals surface area contributed by atoms with Crippen LogP contribution in [0.3, 0.4) is 0 Å². The van der Waals surface area contributed by atoms with Crippen molar-refractivity contribution in [2.75, 3.05) is 18.6 Å². The molecule has 0 radical (unpaired) electrons. The number of thiophene rings is 1. The summed E-state index contributed by atoms with van der Waals surface area (Å²) in [5.74, 6) is 0.867. The molecule has 176 valence electrons. The van der Waals surface area contributed by atoms with Crippen molar-refractivity contribution in [1.82, 2.24) is 0 Å². The van der Waals surface area contributed by atoms with E-state index >= 15 is 0 Å². The van der Waals surface area contributed by atoms with Gasteiger partial charge in [0.1, 0.15) is 16.7 Å². The van der Waals surface area contributed by atoms with Gasteiger partial charge in [0.15, 0.2) is 0 Å². The van der Waals surface area contributed by atoms with Crippen LogP contribution in [0.5, 0.6) is 11.5 Å². The monoisotopic (exact) mass is 506 g/mol. The Hall–Kier alpha value is -2.49. The van der Waals surface area contributed by atoms with Crippen molar-refractivity contribution in [3.63, 3.8) is 0 Å². The highest BCUT2D eigenvalue weighted by Crippen LogP contribution is 2.21. The van der Waals surface area contributed by atoms with E-state index in [2.05, 4.69) is 6.07 Å². The van der Waals surface area contributed by atoms with Crippen LogP contribution in [0.1, 0.15) is 16.0 Å². The molecule has 0 bridgehead atoms. The lowest BCUT2D eigenvalue weighted by atomic mass is 10.1. The summed E-state index contributed by atoms with van der Waals surface area (Å²) < 4.78 is 32.8. The van der Waals surface area contributed by atoms with E-state index in [1.54, 1.807) is 35.6 Å². The minimum atomic E-state index is -3.55. The number of carboxylic acids is 1. The van der Waals surface area contributed by atoms with Crippen molar-refractivity contribution < 1.29 is 27.2 Å². The van der Waals surface area contributed by atoms with Gasteiger partial charge in [-0.1, -0.05) is 30.3 Å². The minimum absolute atomic E-state index is 0.241. The maximum Gasteiger partial charge on any atom is 0.316 e. The number of carboxylic acid groups (broad SMARTS) is 1. The van der Waals surface area contributed by atoms with Gasteiger partial charge in [0.25, 0.3) is 0 Å². The van der Waals surface area contributed by atoms with Gasteiger partial charge in [0.05, 0.1) is 12.9 Å². The Bertz CT molecular complexity index is 1110. The number of aliphatic carboxylic acids is 1. The van der Waals surface area contributed by atoms with Gasteiger partial charge >= 0.3 is 16.1 Å². The summed E-state index contributed by atoms with van der Waals surface area (Å²) in [4.78, 5) is 12.9. The molecule has 0 saturated carbocycles. The molecule has 0 aliphatic rings. The van der Waals surface area contributed by atoms with Crippen molar-refractivity contribution in [3.8, 4) is 11.5 Å². The zero-order valence-corrected chi connectivity index (χ0v) is 20.6. The molecule has 1 unspecified atom stereocenters. The van der Waals surface area contributed by atoms with Crippen molar-refractivity contribution in [1.29, 1.82) is 0 Å². The van der Waals surface area contributed by atoms with Crippen LogP contribution >= 0.6 is 23.1 Å². The predicted octanol–water partition coefficient (Wildman–Crippen LogP) is 4.68. The molecule has 1 N–H and O–H groups in total. The van der Waals surface area contributed by atoms with Gasteiger partial charge in [-0.05, 0) is 65.4 Å². The van der Waals surface area contributed by atoms with Crippen LogP contribution < -0.4 is 8.92 Å². The van der Waals surface area contributed by atoms with Gasteiger partial charge in [0, 0.05) is 11.3 Å². The Morgan fingerprint density at radius 1 is 1.00 bits per heavy atom. The second-order valence-electron chi connectivity index (χ2n) is 7.40. The molecule has 6 nitrogen and oxygen atoms in total. The quantitative estimate of drug-likeness (QED) is 0.337. The molecule has 1 heterocycles. The molecule has 0 amide bonds. The Morgan fingerprint density at radius 3 is 2.27 bits per heavy atom. The van der Waals surface area contributed by atoms with Crippen LogP contribution in [0, 0.1) is 0 Å². The standard InChI is InChI=1S/C24H26O6S3/c1-33(27,28)30-21-10-8-20(9-11-21)29-14-12-18-4-6-19(7-5-18)17-23(24(25)26)32-16-13-22-3-2-15-31-22/h2-11,15,23H,12-14,16-17H2,1H3,(H,25,26). The van der Waals surface area contributed by atoms with Gasteiger partial charge in [-0.25, -0.2) is 0 Å². The third-order valence-electron chi connectivity index (χ3n) is 4.70. The number of carbonyl (C=O) groups is 1. The minimum Gasteiger partial charge on any atom is -0.493 e. The number of aryl methyl sites for hydroxylation is 1. The van der Waals surface area contributed by atoms with E-state index < -0.39 is 21.3 Å². The molecule has 9 heteroatoms. The normalized spacial score (nSPS) is 12.3. The Morgan fingerprint density at radius 2 is 1.67 bits per heavy atom. The number of thioether (sulfide) groups is 1. The second-order valence-corrected chi connectivity index (χ2v) is 11.3. The van der Waals surface area contributed by atoms with Gasteiger partial charge in [-0.15, -0.1) is 23.1 Å². The van der Waals surface area contributed by atoms with E-state index in [9.17, 15) is 18.3 Å². The zero-order valence-electron chi connectivity index (χ0n) is 18.2. The number of benzene rings is 2. The lowest BCUT2D eigenvalue weighted by molar-refractivity contribution is -0.136. The van der Waals surface area contributed by atoms with Crippen molar-refractivity contribution in [2.24, 2.45) is 0 Å². The van der Waals surface area contributed by atoms with Crippen LogP contribution in [0.4, 0.5) is 0 Å². The van der Waals surface area contributed by atoms with E-state index in [1.165, 1.54) is 16.6 Å². The van der Waals surface area contributed by atoms with Gasteiger partial charge < -0.3 is 14.0 Å². The van der Waals surface area contributed by atoms with Crippen LogP contribution in [-0.2, 0) is 34.2 Å². The third-order valence-corrected chi connectivity index (χ3v) is 7.34. The molecular formula is C24H26O6S3. The topological polar surface area (TPSA) is 89.9 Å².